The van der Waals surface area contributed by atoms with Gasteiger partial charge >= 0.3 is 12.1 Å². The van der Waals surface area contributed by atoms with E-state index in [1.807, 2.05) is 0 Å². The third kappa shape index (κ3) is 3.01. The van der Waals surface area contributed by atoms with Crippen molar-refractivity contribution < 1.29 is 24.2 Å². The topological polar surface area (TPSA) is 76.1 Å². The van der Waals surface area contributed by atoms with Gasteiger partial charge in [0, 0.05) is 12.5 Å². The molecular formula is C14H17NO5. The molecule has 108 valence electrons. The van der Waals surface area contributed by atoms with Crippen LogP contribution in [0.15, 0.2) is 24.3 Å². The average Bonchev–Trinajstić information content (AvgIpc) is 2.73. The van der Waals surface area contributed by atoms with Crippen LogP contribution in [0.4, 0.5) is 10.5 Å². The number of nitrogens with zero attached hydrogens (tertiary/aromatic N) is 1. The normalized spacial score (nSPS) is 21.7. The van der Waals surface area contributed by atoms with Crippen molar-refractivity contribution in [2.75, 3.05) is 18.6 Å². The Hall–Kier alpha value is -2.24. The molecule has 1 aromatic carbocycles. The highest BCUT2D eigenvalue weighted by Gasteiger charge is 2.42. The number of anilines is 1. The van der Waals surface area contributed by atoms with Crippen molar-refractivity contribution in [2.24, 2.45) is 0 Å². The average molecular weight is 279 g/mol. The van der Waals surface area contributed by atoms with E-state index in [1.165, 1.54) is 4.90 Å². The third-order valence-corrected chi connectivity index (χ3v) is 3.28. The van der Waals surface area contributed by atoms with Crippen molar-refractivity contribution in [3.8, 4) is 5.75 Å². The van der Waals surface area contributed by atoms with Crippen LogP contribution in [0.25, 0.3) is 0 Å². The van der Waals surface area contributed by atoms with E-state index in [-0.39, 0.29) is 12.8 Å². The molecule has 1 aliphatic heterocycles. The van der Waals surface area contributed by atoms with E-state index >= 15 is 0 Å². The number of hydrogen-bond donors (Lipinski definition) is 1. The zero-order valence-electron chi connectivity index (χ0n) is 11.5. The van der Waals surface area contributed by atoms with Crippen LogP contribution in [-0.2, 0) is 9.53 Å². The Bertz CT molecular complexity index is 530. The van der Waals surface area contributed by atoms with E-state index < -0.39 is 17.7 Å². The zero-order valence-corrected chi connectivity index (χ0v) is 11.5. The predicted molar refractivity (Wildman–Crippen MR) is 72.1 cm³/mol. The highest BCUT2D eigenvalue weighted by molar-refractivity contribution is 5.90. The van der Waals surface area contributed by atoms with Gasteiger partial charge in [-0.1, -0.05) is 6.07 Å². The van der Waals surface area contributed by atoms with Gasteiger partial charge in [-0.2, -0.15) is 0 Å². The number of cyclic esters (lactones) is 1. The fourth-order valence-corrected chi connectivity index (χ4v) is 2.17. The van der Waals surface area contributed by atoms with E-state index in [2.05, 4.69) is 0 Å². The number of carbonyl (C=O) groups is 2. The molecule has 20 heavy (non-hydrogen) atoms. The van der Waals surface area contributed by atoms with Crippen molar-refractivity contribution in [1.29, 1.82) is 0 Å². The molecule has 0 saturated carbocycles. The monoisotopic (exact) mass is 279 g/mol. The van der Waals surface area contributed by atoms with Crippen LogP contribution in [0.2, 0.25) is 0 Å². The van der Waals surface area contributed by atoms with Gasteiger partial charge in [0.05, 0.1) is 19.3 Å². The van der Waals surface area contributed by atoms with Crippen LogP contribution in [0.1, 0.15) is 19.8 Å². The van der Waals surface area contributed by atoms with E-state index in [0.29, 0.717) is 18.0 Å². The van der Waals surface area contributed by atoms with Gasteiger partial charge in [-0.25, -0.2) is 4.79 Å². The van der Waals surface area contributed by atoms with Gasteiger partial charge in [-0.15, -0.1) is 0 Å². The smallest absolute Gasteiger partial charge is 0.415 e. The molecule has 0 aromatic heterocycles. The minimum absolute atomic E-state index is 0.0320. The fourth-order valence-electron chi connectivity index (χ4n) is 2.17. The summed E-state index contributed by atoms with van der Waals surface area (Å²) in [6.45, 7) is 2.07. The molecule has 1 aromatic rings. The molecule has 1 saturated heterocycles. The molecule has 6 nitrogen and oxygen atoms in total. The minimum atomic E-state index is -0.901. The molecule has 2 rings (SSSR count). The largest absolute Gasteiger partial charge is 0.497 e. The van der Waals surface area contributed by atoms with Crippen LogP contribution >= 0.6 is 0 Å². The molecular weight excluding hydrogens is 262 g/mol. The van der Waals surface area contributed by atoms with Gasteiger partial charge in [-0.3, -0.25) is 9.69 Å². The maximum atomic E-state index is 12.0. The molecule has 1 fully saturated rings. The lowest BCUT2D eigenvalue weighted by Gasteiger charge is -2.20. The van der Waals surface area contributed by atoms with Gasteiger partial charge in [0.1, 0.15) is 11.4 Å². The van der Waals surface area contributed by atoms with Crippen LogP contribution in [0.5, 0.6) is 5.75 Å². The number of rotatable bonds is 5. The zero-order chi connectivity index (χ0) is 14.8. The third-order valence-electron chi connectivity index (χ3n) is 3.28. The quantitative estimate of drug-likeness (QED) is 0.894. The Morgan fingerprint density at radius 3 is 2.95 bits per heavy atom. The van der Waals surface area contributed by atoms with Crippen molar-refractivity contribution >= 4 is 17.7 Å². The molecule has 0 radical (unpaired) electrons. The summed E-state index contributed by atoms with van der Waals surface area (Å²) < 4.78 is 10.4. The standard InChI is InChI=1S/C14H17NO5/c1-14(7-6-12(16)17)9-15(13(18)20-14)10-4-3-5-11(8-10)19-2/h3-5,8H,6-7,9H2,1-2H3,(H,16,17). The molecule has 0 bridgehead atoms. The maximum absolute atomic E-state index is 12.0. The number of carboxylic acid groups (broad SMARTS) is 1. The number of methoxy groups -OCH3 is 1. The second-order valence-electron chi connectivity index (χ2n) is 5.00. The van der Waals surface area contributed by atoms with Gasteiger partial charge in [0.2, 0.25) is 0 Å². The van der Waals surface area contributed by atoms with Crippen molar-refractivity contribution in [3.05, 3.63) is 24.3 Å². The molecule has 1 heterocycles. The molecule has 6 heteroatoms. The lowest BCUT2D eigenvalue weighted by molar-refractivity contribution is -0.138. The first kappa shape index (κ1) is 14.2. The molecule has 1 N–H and O–H groups in total. The fraction of sp³-hybridized carbons (Fsp3) is 0.429. The lowest BCUT2D eigenvalue weighted by Crippen LogP contribution is -2.32. The van der Waals surface area contributed by atoms with Crippen molar-refractivity contribution in [1.82, 2.24) is 0 Å². The van der Waals surface area contributed by atoms with Crippen LogP contribution < -0.4 is 9.64 Å². The number of carboxylic acids is 1. The molecule has 1 unspecified atom stereocenters. The Morgan fingerprint density at radius 1 is 1.55 bits per heavy atom. The van der Waals surface area contributed by atoms with E-state index in [0.717, 1.165) is 0 Å². The summed E-state index contributed by atoms with van der Waals surface area (Å²) in [7, 11) is 1.55. The first-order chi connectivity index (χ1) is 9.43. The summed E-state index contributed by atoms with van der Waals surface area (Å²) in [5, 5.41) is 8.73. The minimum Gasteiger partial charge on any atom is -0.497 e. The lowest BCUT2D eigenvalue weighted by atomic mass is 10.00. The summed E-state index contributed by atoms with van der Waals surface area (Å²) in [6.07, 6.45) is -0.212. The van der Waals surface area contributed by atoms with Crippen LogP contribution in [0.3, 0.4) is 0 Å². The Kier molecular flexibility index (Phi) is 3.83. The highest BCUT2D eigenvalue weighted by atomic mass is 16.6. The Balaban J connectivity index is 2.14. The number of aliphatic carboxylic acids is 1. The number of carbonyl (C=O) groups excluding carboxylic acids is 1. The maximum Gasteiger partial charge on any atom is 0.415 e. The van der Waals surface area contributed by atoms with Crippen molar-refractivity contribution in [2.45, 2.75) is 25.4 Å². The van der Waals surface area contributed by atoms with Crippen molar-refractivity contribution in [3.63, 3.8) is 0 Å². The number of ether oxygens (including phenoxy) is 2. The number of amides is 1. The molecule has 1 amide bonds. The summed E-state index contributed by atoms with van der Waals surface area (Å²) in [5.41, 5.74) is -0.105. The van der Waals surface area contributed by atoms with Gasteiger partial charge in [0.15, 0.2) is 0 Å². The predicted octanol–water partition coefficient (Wildman–Crippen LogP) is 2.28. The number of benzene rings is 1. The molecule has 1 atom stereocenters. The van der Waals surface area contributed by atoms with E-state index in [9.17, 15) is 9.59 Å². The molecule has 1 aliphatic rings. The van der Waals surface area contributed by atoms with Crippen LogP contribution in [0, 0.1) is 0 Å². The number of hydrogen-bond acceptors (Lipinski definition) is 4. The van der Waals surface area contributed by atoms with Crippen LogP contribution in [-0.4, -0.2) is 36.4 Å². The summed E-state index contributed by atoms with van der Waals surface area (Å²) in [4.78, 5) is 24.1. The van der Waals surface area contributed by atoms with E-state index in [4.69, 9.17) is 14.6 Å². The molecule has 0 spiro atoms. The highest BCUT2D eigenvalue weighted by Crippen LogP contribution is 2.32. The first-order valence-corrected chi connectivity index (χ1v) is 6.30. The second kappa shape index (κ2) is 5.40. The summed E-state index contributed by atoms with van der Waals surface area (Å²) in [6, 6.07) is 7.10. The van der Waals surface area contributed by atoms with Gasteiger partial charge in [0.25, 0.3) is 0 Å². The van der Waals surface area contributed by atoms with Gasteiger partial charge in [-0.05, 0) is 25.5 Å². The van der Waals surface area contributed by atoms with E-state index in [1.54, 1.807) is 38.3 Å². The second-order valence-corrected chi connectivity index (χ2v) is 5.00. The SMILES string of the molecule is COc1cccc(N2CC(C)(CCC(=O)O)OC2=O)c1. The first-order valence-electron chi connectivity index (χ1n) is 6.30. The summed E-state index contributed by atoms with van der Waals surface area (Å²) in [5.74, 6) is -0.253. The summed E-state index contributed by atoms with van der Waals surface area (Å²) >= 11 is 0. The molecule has 0 aliphatic carbocycles. The Labute approximate surface area is 116 Å². The Morgan fingerprint density at radius 2 is 2.30 bits per heavy atom. The van der Waals surface area contributed by atoms with Gasteiger partial charge < -0.3 is 14.6 Å².